The van der Waals surface area contributed by atoms with Crippen molar-refractivity contribution in [2.24, 2.45) is 0 Å². The van der Waals surface area contributed by atoms with Gasteiger partial charge in [-0.25, -0.2) is 0 Å². The highest BCUT2D eigenvalue weighted by molar-refractivity contribution is 5.93. The van der Waals surface area contributed by atoms with Crippen molar-refractivity contribution in [2.45, 2.75) is 50.1 Å². The van der Waals surface area contributed by atoms with E-state index in [0.29, 0.717) is 5.76 Å². The van der Waals surface area contributed by atoms with Gasteiger partial charge in [0.15, 0.2) is 0 Å². The maximum Gasteiger partial charge on any atom is 0.320 e. The molecule has 0 amide bonds. The molecule has 3 fully saturated rings. The molecule has 0 aromatic carbocycles. The summed E-state index contributed by atoms with van der Waals surface area (Å²) in [7, 11) is 0. The molecule has 0 aromatic heterocycles. The minimum absolute atomic E-state index is 0.0386. The van der Waals surface area contributed by atoms with Crippen LogP contribution >= 0.6 is 0 Å². The third-order valence-electron chi connectivity index (χ3n) is 3.63. The summed E-state index contributed by atoms with van der Waals surface area (Å²) in [5.74, 6) is -3.55. The number of hydrogen-bond acceptors (Lipinski definition) is 7. The van der Waals surface area contributed by atoms with Crippen LogP contribution in [0.15, 0.2) is 12.3 Å². The predicted octanol–water partition coefficient (Wildman–Crippen LogP) is 0.920. The molecule has 7 nitrogen and oxygen atoms in total. The lowest BCUT2D eigenvalue weighted by molar-refractivity contribution is -0.297. The first-order valence-corrected chi connectivity index (χ1v) is 6.43. The zero-order valence-corrected chi connectivity index (χ0v) is 10.8. The number of rotatable bonds is 0. The summed E-state index contributed by atoms with van der Waals surface area (Å²) < 4.78 is 21.2. The molecule has 0 N–H and O–H groups in total. The van der Waals surface area contributed by atoms with Gasteiger partial charge in [-0.15, -0.1) is 0 Å². The van der Waals surface area contributed by atoms with Gasteiger partial charge >= 0.3 is 17.9 Å². The SMILES string of the molecule is C=C1CC(=O)OC2(CCC3(CC2)OC(=O)CC(=O)O3)O1. The molecule has 0 bridgehead atoms. The molecular weight excluding hydrogens is 268 g/mol. The zero-order chi connectivity index (χ0) is 14.4. The summed E-state index contributed by atoms with van der Waals surface area (Å²) in [5.41, 5.74) is 0. The molecule has 2 aliphatic heterocycles. The first-order chi connectivity index (χ1) is 9.40. The standard InChI is InChI=1S/C13H14O7/c1-8-6-9(14)18-12(17-8)2-4-13(5-3-12)19-10(15)7-11(16)20-13/h1-7H2. The van der Waals surface area contributed by atoms with E-state index < -0.39 is 29.5 Å². The van der Waals surface area contributed by atoms with Crippen LogP contribution in [-0.2, 0) is 33.3 Å². The average molecular weight is 282 g/mol. The summed E-state index contributed by atoms with van der Waals surface area (Å²) in [6.45, 7) is 3.65. The highest BCUT2D eigenvalue weighted by Crippen LogP contribution is 2.45. The van der Waals surface area contributed by atoms with Gasteiger partial charge in [-0.1, -0.05) is 6.58 Å². The Morgan fingerprint density at radius 2 is 1.10 bits per heavy atom. The Balaban J connectivity index is 1.73. The first kappa shape index (κ1) is 13.0. The molecule has 0 radical (unpaired) electrons. The third-order valence-corrected chi connectivity index (χ3v) is 3.63. The van der Waals surface area contributed by atoms with E-state index in [1.807, 2.05) is 0 Å². The monoisotopic (exact) mass is 282 g/mol. The summed E-state index contributed by atoms with van der Waals surface area (Å²) in [6.07, 6.45) is 0.679. The summed E-state index contributed by atoms with van der Waals surface area (Å²) in [5, 5.41) is 0. The average Bonchev–Trinajstić information content (AvgIpc) is 2.31. The molecule has 2 saturated heterocycles. The van der Waals surface area contributed by atoms with Crippen molar-refractivity contribution < 1.29 is 33.3 Å². The second-order valence-corrected chi connectivity index (χ2v) is 5.24. The number of esters is 3. The van der Waals surface area contributed by atoms with Crippen molar-refractivity contribution >= 4 is 17.9 Å². The number of carbonyl (C=O) groups is 3. The smallest absolute Gasteiger partial charge is 0.320 e. The topological polar surface area (TPSA) is 88.1 Å². The Labute approximate surface area is 114 Å². The Morgan fingerprint density at radius 3 is 1.55 bits per heavy atom. The van der Waals surface area contributed by atoms with E-state index in [2.05, 4.69) is 6.58 Å². The number of carbonyl (C=O) groups excluding carboxylic acids is 3. The molecular formula is C13H14O7. The molecule has 0 unspecified atom stereocenters. The van der Waals surface area contributed by atoms with E-state index in [9.17, 15) is 14.4 Å². The fourth-order valence-electron chi connectivity index (χ4n) is 2.77. The van der Waals surface area contributed by atoms with Crippen molar-refractivity contribution in [1.82, 2.24) is 0 Å². The first-order valence-electron chi connectivity index (χ1n) is 6.43. The van der Waals surface area contributed by atoms with Crippen molar-refractivity contribution in [3.05, 3.63) is 12.3 Å². The van der Waals surface area contributed by atoms with Crippen LogP contribution in [0.5, 0.6) is 0 Å². The fraction of sp³-hybridized carbons (Fsp3) is 0.615. The highest BCUT2D eigenvalue weighted by atomic mass is 16.8. The third kappa shape index (κ3) is 2.23. The molecule has 2 spiro atoms. The van der Waals surface area contributed by atoms with Gasteiger partial charge in [0.2, 0.25) is 0 Å². The molecule has 108 valence electrons. The maximum absolute atomic E-state index is 11.5. The summed E-state index contributed by atoms with van der Waals surface area (Å²) in [6, 6.07) is 0. The van der Waals surface area contributed by atoms with E-state index in [1.54, 1.807) is 0 Å². The summed E-state index contributed by atoms with van der Waals surface area (Å²) in [4.78, 5) is 34.2. The van der Waals surface area contributed by atoms with E-state index in [0.717, 1.165) is 0 Å². The lowest BCUT2D eigenvalue weighted by Gasteiger charge is -2.46. The molecule has 20 heavy (non-hydrogen) atoms. The fourth-order valence-corrected chi connectivity index (χ4v) is 2.77. The van der Waals surface area contributed by atoms with E-state index in [4.69, 9.17) is 18.9 Å². The van der Waals surface area contributed by atoms with Crippen LogP contribution in [0.2, 0.25) is 0 Å². The van der Waals surface area contributed by atoms with Gasteiger partial charge in [0, 0.05) is 25.7 Å². The molecule has 0 atom stereocenters. The van der Waals surface area contributed by atoms with Crippen molar-refractivity contribution in [3.63, 3.8) is 0 Å². The molecule has 1 saturated carbocycles. The van der Waals surface area contributed by atoms with Crippen LogP contribution in [0.3, 0.4) is 0 Å². The second kappa shape index (κ2) is 4.22. The lowest BCUT2D eigenvalue weighted by Crippen LogP contribution is -2.54. The Bertz CT molecular complexity index is 417. The Kier molecular flexibility index (Phi) is 2.74. The molecule has 1 aliphatic carbocycles. The Morgan fingerprint density at radius 1 is 0.700 bits per heavy atom. The van der Waals surface area contributed by atoms with E-state index >= 15 is 0 Å². The van der Waals surface area contributed by atoms with Crippen LogP contribution in [0.1, 0.15) is 38.5 Å². The molecule has 7 heteroatoms. The molecule has 0 aromatic rings. The van der Waals surface area contributed by atoms with Crippen LogP contribution in [0.4, 0.5) is 0 Å². The molecule has 2 heterocycles. The minimum Gasteiger partial charge on any atom is -0.457 e. The van der Waals surface area contributed by atoms with Crippen LogP contribution < -0.4 is 0 Å². The van der Waals surface area contributed by atoms with Gasteiger partial charge in [-0.2, -0.15) is 0 Å². The van der Waals surface area contributed by atoms with Gasteiger partial charge in [0.1, 0.15) is 18.6 Å². The van der Waals surface area contributed by atoms with Crippen LogP contribution in [0.25, 0.3) is 0 Å². The van der Waals surface area contributed by atoms with Gasteiger partial charge < -0.3 is 18.9 Å². The normalized spacial score (nSPS) is 27.6. The van der Waals surface area contributed by atoms with Crippen molar-refractivity contribution in [1.29, 1.82) is 0 Å². The van der Waals surface area contributed by atoms with E-state index in [1.165, 1.54) is 0 Å². The van der Waals surface area contributed by atoms with E-state index in [-0.39, 0.29) is 38.5 Å². The van der Waals surface area contributed by atoms with Gasteiger partial charge in [-0.05, 0) is 0 Å². The number of ether oxygens (including phenoxy) is 4. The lowest BCUT2D eigenvalue weighted by atomic mass is 9.87. The predicted molar refractivity (Wildman–Crippen MR) is 61.7 cm³/mol. The quantitative estimate of drug-likeness (QED) is 0.482. The largest absolute Gasteiger partial charge is 0.457 e. The molecule has 3 rings (SSSR count). The zero-order valence-electron chi connectivity index (χ0n) is 10.8. The minimum atomic E-state index is -1.24. The van der Waals surface area contributed by atoms with Gasteiger partial charge in [-0.3, -0.25) is 14.4 Å². The van der Waals surface area contributed by atoms with Crippen molar-refractivity contribution in [2.75, 3.05) is 0 Å². The second-order valence-electron chi connectivity index (χ2n) is 5.24. The van der Waals surface area contributed by atoms with Crippen molar-refractivity contribution in [3.8, 4) is 0 Å². The summed E-state index contributed by atoms with van der Waals surface area (Å²) >= 11 is 0. The van der Waals surface area contributed by atoms with Crippen LogP contribution in [-0.4, -0.2) is 29.5 Å². The van der Waals surface area contributed by atoms with Gasteiger partial charge in [0.05, 0.1) is 0 Å². The molecule has 3 aliphatic rings. The Hall–Kier alpha value is -2.05. The highest BCUT2D eigenvalue weighted by Gasteiger charge is 2.54. The maximum atomic E-state index is 11.5. The number of hydrogen-bond donors (Lipinski definition) is 0. The van der Waals surface area contributed by atoms with Crippen LogP contribution in [0, 0.1) is 0 Å². The van der Waals surface area contributed by atoms with Gasteiger partial charge in [0.25, 0.3) is 11.6 Å².